The minimum Gasteiger partial charge on any atom is -0.469 e. The van der Waals surface area contributed by atoms with Gasteiger partial charge in [-0.3, -0.25) is 9.59 Å². The van der Waals surface area contributed by atoms with Crippen LogP contribution in [0, 0.1) is 17.3 Å². The Hall–Kier alpha value is -1.10. The molecule has 0 aromatic rings. The van der Waals surface area contributed by atoms with E-state index in [0.717, 1.165) is 6.42 Å². The Labute approximate surface area is 120 Å². The maximum absolute atomic E-state index is 12.2. The van der Waals surface area contributed by atoms with E-state index in [9.17, 15) is 9.59 Å². The summed E-state index contributed by atoms with van der Waals surface area (Å²) in [6.45, 7) is 6.25. The van der Waals surface area contributed by atoms with Gasteiger partial charge < -0.3 is 14.2 Å². The van der Waals surface area contributed by atoms with Crippen molar-refractivity contribution in [2.24, 2.45) is 17.3 Å². The largest absolute Gasteiger partial charge is 0.469 e. The van der Waals surface area contributed by atoms with E-state index in [2.05, 4.69) is 0 Å². The Bertz CT molecular complexity index is 390. The van der Waals surface area contributed by atoms with Crippen molar-refractivity contribution in [3.8, 4) is 0 Å². The van der Waals surface area contributed by atoms with E-state index in [0.29, 0.717) is 19.4 Å². The van der Waals surface area contributed by atoms with Gasteiger partial charge in [-0.1, -0.05) is 6.92 Å². The maximum Gasteiger partial charge on any atom is 0.311 e. The van der Waals surface area contributed by atoms with Crippen molar-refractivity contribution in [2.75, 3.05) is 13.7 Å². The van der Waals surface area contributed by atoms with Gasteiger partial charge in [0.2, 0.25) is 0 Å². The fourth-order valence-electron chi connectivity index (χ4n) is 2.82. The van der Waals surface area contributed by atoms with E-state index in [1.807, 2.05) is 20.8 Å². The van der Waals surface area contributed by atoms with Crippen LogP contribution in [-0.4, -0.2) is 37.9 Å². The molecule has 0 N–H and O–H groups in total. The zero-order valence-corrected chi connectivity index (χ0v) is 12.7. The first-order chi connectivity index (χ1) is 9.39. The molecule has 1 aliphatic carbocycles. The van der Waals surface area contributed by atoms with Crippen LogP contribution in [-0.2, 0) is 23.8 Å². The molecule has 0 aromatic carbocycles. The van der Waals surface area contributed by atoms with E-state index in [1.54, 1.807) is 0 Å². The third kappa shape index (κ3) is 2.82. The average molecular weight is 284 g/mol. The van der Waals surface area contributed by atoms with Crippen LogP contribution in [0.4, 0.5) is 0 Å². The van der Waals surface area contributed by atoms with Gasteiger partial charge in [0.1, 0.15) is 6.10 Å². The summed E-state index contributed by atoms with van der Waals surface area (Å²) in [5.74, 6) is -0.472. The number of hydrogen-bond donors (Lipinski definition) is 0. The van der Waals surface area contributed by atoms with Gasteiger partial charge in [0, 0.05) is 6.42 Å². The number of fused-ring (bicyclic) bond motifs is 2. The minimum atomic E-state index is -0.504. The third-order valence-corrected chi connectivity index (χ3v) is 4.73. The molecular formula is C15H24O5. The van der Waals surface area contributed by atoms with Gasteiger partial charge in [-0.15, -0.1) is 0 Å². The summed E-state index contributed by atoms with van der Waals surface area (Å²) in [5.41, 5.74) is -0.504. The van der Waals surface area contributed by atoms with Crippen molar-refractivity contribution >= 4 is 11.9 Å². The highest BCUT2D eigenvalue weighted by atomic mass is 16.6. The Morgan fingerprint density at radius 3 is 2.60 bits per heavy atom. The molecule has 0 aromatic heterocycles. The van der Waals surface area contributed by atoms with Crippen molar-refractivity contribution in [1.82, 2.24) is 0 Å². The summed E-state index contributed by atoms with van der Waals surface area (Å²) >= 11 is 0. The number of rotatable bonds is 4. The van der Waals surface area contributed by atoms with Crippen molar-refractivity contribution in [2.45, 2.75) is 52.2 Å². The van der Waals surface area contributed by atoms with Gasteiger partial charge in [-0.2, -0.15) is 0 Å². The molecular weight excluding hydrogens is 260 g/mol. The summed E-state index contributed by atoms with van der Waals surface area (Å²) in [5, 5.41) is 0. The van der Waals surface area contributed by atoms with Crippen LogP contribution >= 0.6 is 0 Å². The van der Waals surface area contributed by atoms with Crippen LogP contribution < -0.4 is 0 Å². The maximum atomic E-state index is 12.2. The molecule has 20 heavy (non-hydrogen) atoms. The predicted molar refractivity (Wildman–Crippen MR) is 71.9 cm³/mol. The molecule has 1 saturated heterocycles. The molecule has 0 amide bonds. The molecule has 5 heteroatoms. The zero-order valence-electron chi connectivity index (χ0n) is 12.7. The molecule has 5 nitrogen and oxygen atoms in total. The lowest BCUT2D eigenvalue weighted by atomic mass is 9.78. The Morgan fingerprint density at radius 2 is 2.00 bits per heavy atom. The topological polar surface area (TPSA) is 61.8 Å². The molecule has 2 rings (SSSR count). The first-order valence-corrected chi connectivity index (χ1v) is 7.29. The summed E-state index contributed by atoms with van der Waals surface area (Å²) in [4.78, 5) is 24.0. The highest BCUT2D eigenvalue weighted by Crippen LogP contribution is 2.40. The SMILES string of the molecule is CCC(C)(C)C(=O)OC1CC(C(=O)OC)C2COC1C2. The number of carbonyl (C=O) groups is 2. The smallest absolute Gasteiger partial charge is 0.311 e. The Morgan fingerprint density at radius 1 is 1.30 bits per heavy atom. The average Bonchev–Trinajstić information content (AvgIpc) is 2.85. The normalized spacial score (nSPS) is 32.8. The van der Waals surface area contributed by atoms with Crippen LogP contribution in [0.2, 0.25) is 0 Å². The molecule has 0 radical (unpaired) electrons. The fourth-order valence-corrected chi connectivity index (χ4v) is 2.82. The monoisotopic (exact) mass is 284 g/mol. The highest BCUT2D eigenvalue weighted by Gasteiger charge is 2.48. The van der Waals surface area contributed by atoms with Crippen molar-refractivity contribution in [3.63, 3.8) is 0 Å². The van der Waals surface area contributed by atoms with Crippen LogP contribution in [0.15, 0.2) is 0 Å². The first kappa shape index (κ1) is 15.3. The van der Waals surface area contributed by atoms with Crippen LogP contribution in [0.3, 0.4) is 0 Å². The van der Waals surface area contributed by atoms with E-state index in [-0.39, 0.29) is 36.0 Å². The quantitative estimate of drug-likeness (QED) is 0.738. The fraction of sp³-hybridized carbons (Fsp3) is 0.867. The summed E-state index contributed by atoms with van der Waals surface area (Å²) in [7, 11) is 1.39. The summed E-state index contributed by atoms with van der Waals surface area (Å²) in [6, 6.07) is 0. The second-order valence-electron chi connectivity index (χ2n) is 6.41. The molecule has 2 bridgehead atoms. The zero-order chi connectivity index (χ0) is 14.9. The second kappa shape index (κ2) is 5.72. The molecule has 1 saturated carbocycles. The molecule has 114 valence electrons. The van der Waals surface area contributed by atoms with E-state index < -0.39 is 5.41 Å². The number of ether oxygens (including phenoxy) is 3. The van der Waals surface area contributed by atoms with Gasteiger partial charge in [0.25, 0.3) is 0 Å². The predicted octanol–water partition coefficient (Wildman–Crippen LogP) is 1.93. The van der Waals surface area contributed by atoms with Gasteiger partial charge in [0.15, 0.2) is 0 Å². The van der Waals surface area contributed by atoms with Crippen LogP contribution in [0.5, 0.6) is 0 Å². The number of methoxy groups -OCH3 is 1. The second-order valence-corrected chi connectivity index (χ2v) is 6.41. The molecule has 0 spiro atoms. The summed E-state index contributed by atoms with van der Waals surface area (Å²) in [6.07, 6.45) is 1.58. The van der Waals surface area contributed by atoms with Crippen LogP contribution in [0.25, 0.3) is 0 Å². The first-order valence-electron chi connectivity index (χ1n) is 7.29. The van der Waals surface area contributed by atoms with Crippen molar-refractivity contribution < 1.29 is 23.8 Å². The van der Waals surface area contributed by atoms with Gasteiger partial charge >= 0.3 is 11.9 Å². The lowest BCUT2D eigenvalue weighted by molar-refractivity contribution is -0.170. The molecule has 1 heterocycles. The lowest BCUT2D eigenvalue weighted by Crippen LogP contribution is -2.42. The molecule has 2 fully saturated rings. The number of carbonyl (C=O) groups excluding carboxylic acids is 2. The van der Waals surface area contributed by atoms with E-state index in [4.69, 9.17) is 14.2 Å². The number of hydrogen-bond acceptors (Lipinski definition) is 5. The highest BCUT2D eigenvalue weighted by molar-refractivity contribution is 5.76. The van der Waals surface area contributed by atoms with Crippen LogP contribution in [0.1, 0.15) is 40.0 Å². The van der Waals surface area contributed by atoms with Crippen molar-refractivity contribution in [1.29, 1.82) is 0 Å². The minimum absolute atomic E-state index is 0.0717. The van der Waals surface area contributed by atoms with Gasteiger partial charge in [-0.25, -0.2) is 0 Å². The Balaban J connectivity index is 2.05. The molecule has 2 aliphatic rings. The van der Waals surface area contributed by atoms with Gasteiger partial charge in [0.05, 0.1) is 31.2 Å². The van der Waals surface area contributed by atoms with Gasteiger partial charge in [-0.05, 0) is 32.6 Å². The van der Waals surface area contributed by atoms with E-state index in [1.165, 1.54) is 7.11 Å². The molecule has 1 aliphatic heterocycles. The van der Waals surface area contributed by atoms with E-state index >= 15 is 0 Å². The molecule has 4 atom stereocenters. The summed E-state index contributed by atoms with van der Waals surface area (Å²) < 4.78 is 16.2. The lowest BCUT2D eigenvalue weighted by Gasteiger charge is -2.33. The van der Waals surface area contributed by atoms with Crippen molar-refractivity contribution in [3.05, 3.63) is 0 Å². The molecule has 4 unspecified atom stereocenters. The Kier molecular flexibility index (Phi) is 4.37. The third-order valence-electron chi connectivity index (χ3n) is 4.73. The standard InChI is InChI=1S/C15H24O5/c1-5-15(2,3)14(17)20-12-7-10(13(16)18-4)9-6-11(12)19-8-9/h9-12H,5-8H2,1-4H3. The number of esters is 2.